The molecule has 4 heteroatoms. The van der Waals surface area contributed by atoms with Gasteiger partial charge in [-0.1, -0.05) is 11.6 Å². The van der Waals surface area contributed by atoms with Crippen LogP contribution in [0, 0.1) is 16.7 Å². The van der Waals surface area contributed by atoms with Crippen molar-refractivity contribution in [3.8, 4) is 11.8 Å². The molecule has 1 aromatic rings. The number of hydrogen-bond donors (Lipinski definition) is 0. The molecule has 3 nitrogen and oxygen atoms in total. The number of nitriles is 1. The van der Waals surface area contributed by atoms with E-state index in [9.17, 15) is 0 Å². The van der Waals surface area contributed by atoms with Crippen LogP contribution in [0.5, 0.6) is 5.75 Å². The maximum atomic E-state index is 8.64. The van der Waals surface area contributed by atoms with E-state index in [-0.39, 0.29) is 5.41 Å². The van der Waals surface area contributed by atoms with Gasteiger partial charge in [-0.2, -0.15) is 5.26 Å². The largest absolute Gasteiger partial charge is 0.491 e. The van der Waals surface area contributed by atoms with Crippen molar-refractivity contribution in [3.63, 3.8) is 0 Å². The summed E-state index contributed by atoms with van der Waals surface area (Å²) in [6.07, 6.45) is 5.93. The van der Waals surface area contributed by atoms with E-state index < -0.39 is 0 Å². The fourth-order valence-electron chi connectivity index (χ4n) is 1.42. The smallest absolute Gasteiger partial charge is 0.139 e. The van der Waals surface area contributed by atoms with Crippen LogP contribution in [0.2, 0.25) is 5.02 Å². The second-order valence-electron chi connectivity index (χ2n) is 3.96. The van der Waals surface area contributed by atoms with Gasteiger partial charge in [0.05, 0.1) is 23.9 Å². The van der Waals surface area contributed by atoms with Gasteiger partial charge in [0.15, 0.2) is 0 Å². The summed E-state index contributed by atoms with van der Waals surface area (Å²) in [5.74, 6) is 0.673. The Morgan fingerprint density at radius 1 is 1.53 bits per heavy atom. The first kappa shape index (κ1) is 10.3. The maximum absolute atomic E-state index is 8.64. The number of hydrogen-bond acceptors (Lipinski definition) is 3. The van der Waals surface area contributed by atoms with Crippen molar-refractivity contribution in [2.75, 3.05) is 6.61 Å². The summed E-state index contributed by atoms with van der Waals surface area (Å²) in [5, 5.41) is 9.21. The molecule has 0 bridgehead atoms. The highest BCUT2D eigenvalue weighted by Crippen LogP contribution is 2.48. The summed E-state index contributed by atoms with van der Waals surface area (Å²) in [4.78, 5) is 3.93. The fraction of sp³-hybridized carbons (Fsp3) is 0.455. The number of aromatic nitrogens is 1. The number of rotatable bonds is 4. The molecule has 0 saturated heterocycles. The molecule has 0 unspecified atom stereocenters. The van der Waals surface area contributed by atoms with Gasteiger partial charge in [-0.15, -0.1) is 0 Å². The zero-order valence-electron chi connectivity index (χ0n) is 8.24. The van der Waals surface area contributed by atoms with E-state index in [4.69, 9.17) is 21.6 Å². The molecule has 1 saturated carbocycles. The van der Waals surface area contributed by atoms with Gasteiger partial charge >= 0.3 is 0 Å². The summed E-state index contributed by atoms with van der Waals surface area (Å²) in [7, 11) is 0. The van der Waals surface area contributed by atoms with E-state index in [1.54, 1.807) is 18.5 Å². The van der Waals surface area contributed by atoms with E-state index >= 15 is 0 Å². The van der Waals surface area contributed by atoms with E-state index in [1.165, 1.54) is 0 Å². The van der Waals surface area contributed by atoms with Crippen molar-refractivity contribution in [1.82, 2.24) is 4.98 Å². The van der Waals surface area contributed by atoms with Crippen LogP contribution in [0.4, 0.5) is 0 Å². The van der Waals surface area contributed by atoms with Crippen LogP contribution in [0.25, 0.3) is 0 Å². The molecule has 1 aromatic heterocycles. The number of ether oxygens (including phenoxy) is 1. The first-order valence-electron chi connectivity index (χ1n) is 4.84. The first-order chi connectivity index (χ1) is 7.24. The topological polar surface area (TPSA) is 45.9 Å². The van der Waals surface area contributed by atoms with Gasteiger partial charge in [0.25, 0.3) is 0 Å². The van der Waals surface area contributed by atoms with Crippen LogP contribution >= 0.6 is 11.6 Å². The molecule has 0 spiro atoms. The summed E-state index contributed by atoms with van der Waals surface area (Å²) in [6.45, 7) is 0.586. The Kier molecular flexibility index (Phi) is 2.79. The summed E-state index contributed by atoms with van der Waals surface area (Å²) in [5.41, 5.74) is 0.0943. The fourth-order valence-corrected chi connectivity index (χ4v) is 1.59. The highest BCUT2D eigenvalue weighted by atomic mass is 35.5. The SMILES string of the molecule is N#CCC1(COc2cncc(Cl)c2)CC1. The molecule has 1 aliphatic rings. The van der Waals surface area contributed by atoms with Crippen LogP contribution in [0.3, 0.4) is 0 Å². The molecular formula is C11H11ClN2O. The molecule has 2 rings (SSSR count). The van der Waals surface area contributed by atoms with Gasteiger partial charge in [-0.25, -0.2) is 0 Å². The Labute approximate surface area is 93.6 Å². The lowest BCUT2D eigenvalue weighted by atomic mass is 10.1. The molecule has 0 atom stereocenters. The highest BCUT2D eigenvalue weighted by molar-refractivity contribution is 6.30. The molecule has 1 heterocycles. The van der Waals surface area contributed by atoms with E-state index in [1.807, 2.05) is 0 Å². The van der Waals surface area contributed by atoms with Crippen LogP contribution in [0.1, 0.15) is 19.3 Å². The van der Waals surface area contributed by atoms with Crippen LogP contribution in [0.15, 0.2) is 18.5 Å². The molecule has 0 aliphatic heterocycles. The predicted octanol–water partition coefficient (Wildman–Crippen LogP) is 2.81. The maximum Gasteiger partial charge on any atom is 0.139 e. The van der Waals surface area contributed by atoms with Crippen molar-refractivity contribution in [2.24, 2.45) is 5.41 Å². The van der Waals surface area contributed by atoms with Crippen LogP contribution in [-0.2, 0) is 0 Å². The predicted molar refractivity (Wildman–Crippen MR) is 56.6 cm³/mol. The Morgan fingerprint density at radius 2 is 2.33 bits per heavy atom. The van der Waals surface area contributed by atoms with Gasteiger partial charge in [0, 0.05) is 24.1 Å². The Hall–Kier alpha value is -1.27. The van der Waals surface area contributed by atoms with Crippen LogP contribution in [-0.4, -0.2) is 11.6 Å². The lowest BCUT2D eigenvalue weighted by Gasteiger charge is -2.12. The minimum atomic E-state index is 0.0943. The van der Waals surface area contributed by atoms with Gasteiger partial charge in [0.2, 0.25) is 0 Å². The summed E-state index contributed by atoms with van der Waals surface area (Å²) in [6, 6.07) is 3.93. The minimum absolute atomic E-state index is 0.0943. The van der Waals surface area contributed by atoms with E-state index in [0.29, 0.717) is 23.8 Å². The number of pyridine rings is 1. The summed E-state index contributed by atoms with van der Waals surface area (Å²) < 4.78 is 5.57. The third-order valence-corrected chi connectivity index (χ3v) is 2.84. The Bertz CT molecular complexity index is 396. The summed E-state index contributed by atoms with van der Waals surface area (Å²) >= 11 is 5.78. The third kappa shape index (κ3) is 2.60. The van der Waals surface area contributed by atoms with Crippen molar-refractivity contribution < 1.29 is 4.74 Å². The Morgan fingerprint density at radius 3 is 2.93 bits per heavy atom. The molecule has 0 radical (unpaired) electrons. The second-order valence-corrected chi connectivity index (χ2v) is 4.40. The van der Waals surface area contributed by atoms with Gasteiger partial charge < -0.3 is 4.74 Å². The standard InChI is InChI=1S/C11H11ClN2O/c12-9-5-10(7-14-6-9)15-8-11(1-2-11)3-4-13/h5-7H,1-3,8H2. The number of nitrogens with zero attached hydrogens (tertiary/aromatic N) is 2. The third-order valence-electron chi connectivity index (χ3n) is 2.64. The van der Waals surface area contributed by atoms with E-state index in [2.05, 4.69) is 11.1 Å². The molecular weight excluding hydrogens is 212 g/mol. The molecule has 0 aromatic carbocycles. The van der Waals surface area contributed by atoms with Crippen molar-refractivity contribution in [1.29, 1.82) is 5.26 Å². The second kappa shape index (κ2) is 4.08. The monoisotopic (exact) mass is 222 g/mol. The average Bonchev–Trinajstić information content (AvgIpc) is 2.97. The first-order valence-corrected chi connectivity index (χ1v) is 5.22. The quantitative estimate of drug-likeness (QED) is 0.787. The van der Waals surface area contributed by atoms with Crippen LogP contribution < -0.4 is 4.74 Å². The zero-order chi connectivity index (χ0) is 10.7. The normalized spacial score (nSPS) is 16.8. The van der Waals surface area contributed by atoms with Crippen molar-refractivity contribution in [2.45, 2.75) is 19.3 Å². The lowest BCUT2D eigenvalue weighted by molar-refractivity contribution is 0.236. The Balaban J connectivity index is 1.91. The van der Waals surface area contributed by atoms with E-state index in [0.717, 1.165) is 12.8 Å². The van der Waals surface area contributed by atoms with Crippen molar-refractivity contribution >= 4 is 11.6 Å². The van der Waals surface area contributed by atoms with Crippen molar-refractivity contribution in [3.05, 3.63) is 23.5 Å². The lowest BCUT2D eigenvalue weighted by Crippen LogP contribution is -2.12. The number of halogens is 1. The molecule has 78 valence electrons. The molecule has 15 heavy (non-hydrogen) atoms. The molecule has 1 fully saturated rings. The molecule has 0 N–H and O–H groups in total. The molecule has 1 aliphatic carbocycles. The van der Waals surface area contributed by atoms with Gasteiger partial charge in [0.1, 0.15) is 5.75 Å². The van der Waals surface area contributed by atoms with Gasteiger partial charge in [-0.3, -0.25) is 4.98 Å². The van der Waals surface area contributed by atoms with Gasteiger partial charge in [-0.05, 0) is 12.8 Å². The minimum Gasteiger partial charge on any atom is -0.491 e. The molecule has 0 amide bonds. The average molecular weight is 223 g/mol. The zero-order valence-corrected chi connectivity index (χ0v) is 9.00. The highest BCUT2D eigenvalue weighted by Gasteiger charge is 2.43.